The standard InChI is InChI=1S/C21H26N2O5/c1-15(24)23(17-6-5-7-18(14-17)26-2)11-10-22-21(25)13-16-8-9-19(27-3)20(12-16)28-4/h5-9,12,14H,10-11,13H2,1-4H3,(H,22,25). The first-order chi connectivity index (χ1) is 13.5. The zero-order valence-corrected chi connectivity index (χ0v) is 16.7. The van der Waals surface area contributed by atoms with Crippen molar-refractivity contribution in [2.45, 2.75) is 13.3 Å². The number of hydrogen-bond acceptors (Lipinski definition) is 5. The lowest BCUT2D eigenvalue weighted by Crippen LogP contribution is -2.38. The number of amides is 2. The van der Waals surface area contributed by atoms with Gasteiger partial charge in [-0.25, -0.2) is 0 Å². The third-order valence-electron chi connectivity index (χ3n) is 4.22. The molecule has 7 heteroatoms. The molecule has 0 saturated carbocycles. The lowest BCUT2D eigenvalue weighted by molar-refractivity contribution is -0.121. The minimum absolute atomic E-state index is 0.109. The first-order valence-corrected chi connectivity index (χ1v) is 8.88. The van der Waals surface area contributed by atoms with Gasteiger partial charge in [-0.2, -0.15) is 0 Å². The quantitative estimate of drug-likeness (QED) is 0.716. The van der Waals surface area contributed by atoms with E-state index in [-0.39, 0.29) is 18.2 Å². The number of anilines is 1. The molecule has 150 valence electrons. The van der Waals surface area contributed by atoms with Crippen molar-refractivity contribution in [1.82, 2.24) is 5.32 Å². The number of nitrogens with zero attached hydrogens (tertiary/aromatic N) is 1. The van der Waals surface area contributed by atoms with E-state index in [0.717, 1.165) is 11.3 Å². The van der Waals surface area contributed by atoms with Crippen LogP contribution in [0, 0.1) is 0 Å². The van der Waals surface area contributed by atoms with E-state index < -0.39 is 0 Å². The van der Waals surface area contributed by atoms with Gasteiger partial charge in [0.25, 0.3) is 0 Å². The Hall–Kier alpha value is -3.22. The van der Waals surface area contributed by atoms with Crippen molar-refractivity contribution in [3.63, 3.8) is 0 Å². The van der Waals surface area contributed by atoms with Crippen molar-refractivity contribution < 1.29 is 23.8 Å². The molecule has 0 aliphatic heterocycles. The van der Waals surface area contributed by atoms with E-state index in [0.29, 0.717) is 30.3 Å². The maximum absolute atomic E-state index is 12.2. The molecule has 0 saturated heterocycles. The fraction of sp³-hybridized carbons (Fsp3) is 0.333. The fourth-order valence-electron chi connectivity index (χ4n) is 2.79. The summed E-state index contributed by atoms with van der Waals surface area (Å²) in [6.07, 6.45) is 0.208. The van der Waals surface area contributed by atoms with Gasteiger partial charge in [0.05, 0.1) is 27.8 Å². The molecule has 0 spiro atoms. The Morgan fingerprint density at radius 2 is 1.71 bits per heavy atom. The average Bonchev–Trinajstić information content (AvgIpc) is 2.70. The van der Waals surface area contributed by atoms with Crippen LogP contribution >= 0.6 is 0 Å². The van der Waals surface area contributed by atoms with Gasteiger partial charge in [0.2, 0.25) is 11.8 Å². The molecule has 0 aliphatic carbocycles. The zero-order chi connectivity index (χ0) is 20.5. The third kappa shape index (κ3) is 5.64. The normalized spacial score (nSPS) is 10.1. The summed E-state index contributed by atoms with van der Waals surface area (Å²) in [5.41, 5.74) is 1.53. The van der Waals surface area contributed by atoms with E-state index in [9.17, 15) is 9.59 Å². The molecule has 0 aromatic heterocycles. The molecule has 7 nitrogen and oxygen atoms in total. The van der Waals surface area contributed by atoms with Crippen LogP contribution in [0.3, 0.4) is 0 Å². The second kappa shape index (κ2) is 10.2. The SMILES string of the molecule is COc1cccc(N(CCNC(=O)Cc2ccc(OC)c(OC)c2)C(C)=O)c1. The zero-order valence-electron chi connectivity index (χ0n) is 16.7. The highest BCUT2D eigenvalue weighted by Gasteiger charge is 2.13. The third-order valence-corrected chi connectivity index (χ3v) is 4.22. The highest BCUT2D eigenvalue weighted by molar-refractivity contribution is 5.91. The minimum Gasteiger partial charge on any atom is -0.497 e. The van der Waals surface area contributed by atoms with E-state index in [2.05, 4.69) is 5.32 Å². The Balaban J connectivity index is 1.93. The Kier molecular flexibility index (Phi) is 7.68. The Labute approximate surface area is 165 Å². The van der Waals surface area contributed by atoms with Crippen LogP contribution in [0.1, 0.15) is 12.5 Å². The number of rotatable bonds is 9. The van der Waals surface area contributed by atoms with Crippen LogP contribution < -0.4 is 24.4 Å². The van der Waals surface area contributed by atoms with Crippen molar-refractivity contribution in [2.24, 2.45) is 0 Å². The van der Waals surface area contributed by atoms with Gasteiger partial charge in [-0.1, -0.05) is 12.1 Å². The maximum Gasteiger partial charge on any atom is 0.224 e. The van der Waals surface area contributed by atoms with Gasteiger partial charge in [-0.3, -0.25) is 9.59 Å². The molecule has 0 atom stereocenters. The van der Waals surface area contributed by atoms with Gasteiger partial charge in [-0.05, 0) is 29.8 Å². The molecular formula is C21H26N2O5. The van der Waals surface area contributed by atoms with Crippen LogP contribution in [-0.4, -0.2) is 46.2 Å². The summed E-state index contributed by atoms with van der Waals surface area (Å²) in [5.74, 6) is 1.61. The molecule has 2 aromatic carbocycles. The molecule has 0 heterocycles. The summed E-state index contributed by atoms with van der Waals surface area (Å²) >= 11 is 0. The minimum atomic E-state index is -0.138. The maximum atomic E-state index is 12.2. The average molecular weight is 386 g/mol. The summed E-state index contributed by atoms with van der Waals surface area (Å²) in [7, 11) is 4.69. The molecule has 0 radical (unpaired) electrons. The monoisotopic (exact) mass is 386 g/mol. The van der Waals surface area contributed by atoms with E-state index in [1.807, 2.05) is 24.3 Å². The molecule has 28 heavy (non-hydrogen) atoms. The highest BCUT2D eigenvalue weighted by Crippen LogP contribution is 2.27. The molecule has 0 bridgehead atoms. The van der Waals surface area contributed by atoms with Crippen LogP contribution in [0.15, 0.2) is 42.5 Å². The molecule has 2 amide bonds. The number of nitrogens with one attached hydrogen (secondary N) is 1. The predicted molar refractivity (Wildman–Crippen MR) is 107 cm³/mol. The number of methoxy groups -OCH3 is 3. The number of ether oxygens (including phenoxy) is 3. The summed E-state index contributed by atoms with van der Waals surface area (Å²) in [6.45, 7) is 2.19. The second-order valence-electron chi connectivity index (χ2n) is 6.09. The summed E-state index contributed by atoms with van der Waals surface area (Å²) in [5, 5.41) is 2.84. The molecule has 2 rings (SSSR count). The van der Waals surface area contributed by atoms with Gasteiger partial charge in [0, 0.05) is 31.8 Å². The van der Waals surface area contributed by atoms with Crippen LogP contribution in [0.2, 0.25) is 0 Å². The second-order valence-corrected chi connectivity index (χ2v) is 6.09. The van der Waals surface area contributed by atoms with Crippen molar-refractivity contribution in [2.75, 3.05) is 39.3 Å². The number of hydrogen-bond donors (Lipinski definition) is 1. The van der Waals surface area contributed by atoms with Gasteiger partial charge >= 0.3 is 0 Å². The van der Waals surface area contributed by atoms with Gasteiger partial charge < -0.3 is 24.4 Å². The van der Waals surface area contributed by atoms with Gasteiger partial charge in [-0.15, -0.1) is 0 Å². The predicted octanol–water partition coefficient (Wildman–Crippen LogP) is 2.42. The van der Waals surface area contributed by atoms with E-state index in [4.69, 9.17) is 14.2 Å². The van der Waals surface area contributed by atoms with Crippen molar-refractivity contribution >= 4 is 17.5 Å². The molecular weight excluding hydrogens is 360 g/mol. The van der Waals surface area contributed by atoms with E-state index in [1.54, 1.807) is 44.4 Å². The Bertz CT molecular complexity index is 822. The van der Waals surface area contributed by atoms with Crippen LogP contribution in [0.25, 0.3) is 0 Å². The molecule has 0 aliphatic rings. The number of carbonyl (C=O) groups is 2. The van der Waals surface area contributed by atoms with Crippen LogP contribution in [-0.2, 0) is 16.0 Å². The number of benzene rings is 2. The van der Waals surface area contributed by atoms with Crippen molar-refractivity contribution in [3.8, 4) is 17.2 Å². The van der Waals surface area contributed by atoms with Crippen LogP contribution in [0.4, 0.5) is 5.69 Å². The summed E-state index contributed by atoms with van der Waals surface area (Å²) in [4.78, 5) is 25.8. The molecule has 2 aromatic rings. The van der Waals surface area contributed by atoms with Crippen LogP contribution in [0.5, 0.6) is 17.2 Å². The van der Waals surface area contributed by atoms with E-state index in [1.165, 1.54) is 6.92 Å². The topological polar surface area (TPSA) is 77.1 Å². The molecule has 0 fully saturated rings. The lowest BCUT2D eigenvalue weighted by Gasteiger charge is -2.22. The fourth-order valence-corrected chi connectivity index (χ4v) is 2.79. The first kappa shape index (κ1) is 21.1. The highest BCUT2D eigenvalue weighted by atomic mass is 16.5. The summed E-state index contributed by atoms with van der Waals surface area (Å²) < 4.78 is 15.7. The smallest absolute Gasteiger partial charge is 0.224 e. The van der Waals surface area contributed by atoms with Gasteiger partial charge in [0.15, 0.2) is 11.5 Å². The van der Waals surface area contributed by atoms with Gasteiger partial charge in [0.1, 0.15) is 5.75 Å². The molecule has 1 N–H and O–H groups in total. The number of carbonyl (C=O) groups excluding carboxylic acids is 2. The molecule has 0 unspecified atom stereocenters. The largest absolute Gasteiger partial charge is 0.497 e. The first-order valence-electron chi connectivity index (χ1n) is 8.88. The Morgan fingerprint density at radius 3 is 2.36 bits per heavy atom. The van der Waals surface area contributed by atoms with Crippen molar-refractivity contribution in [3.05, 3.63) is 48.0 Å². The van der Waals surface area contributed by atoms with E-state index >= 15 is 0 Å². The van der Waals surface area contributed by atoms with Crippen molar-refractivity contribution in [1.29, 1.82) is 0 Å². The summed E-state index contributed by atoms with van der Waals surface area (Å²) in [6, 6.07) is 12.6. The Morgan fingerprint density at radius 1 is 0.964 bits per heavy atom. The lowest BCUT2D eigenvalue weighted by atomic mass is 10.1.